The lowest BCUT2D eigenvalue weighted by Gasteiger charge is -2.34. The number of imidazole rings is 1. The number of para-hydroxylation sites is 2. The number of nitrogens with zero attached hydrogens (tertiary/aromatic N) is 2. The van der Waals surface area contributed by atoms with Crippen LogP contribution in [0, 0.1) is 0 Å². The zero-order valence-electron chi connectivity index (χ0n) is 13.0. The van der Waals surface area contributed by atoms with E-state index in [1.807, 2.05) is 41.0 Å². The van der Waals surface area contributed by atoms with Crippen molar-refractivity contribution in [3.63, 3.8) is 0 Å². The van der Waals surface area contributed by atoms with Gasteiger partial charge in [-0.3, -0.25) is 4.57 Å². The summed E-state index contributed by atoms with van der Waals surface area (Å²) in [6, 6.07) is 13.6. The molecule has 0 saturated carbocycles. The molecule has 124 valence electrons. The van der Waals surface area contributed by atoms with E-state index in [2.05, 4.69) is 9.88 Å². The summed E-state index contributed by atoms with van der Waals surface area (Å²) < 4.78 is 1.90. The highest BCUT2D eigenvalue weighted by molar-refractivity contribution is 6.36. The summed E-state index contributed by atoms with van der Waals surface area (Å²) in [7, 11) is 0. The molecule has 1 fully saturated rings. The molecular formula is C18H17Cl2N3O. The molecule has 1 saturated heterocycles. The number of piperidine rings is 1. The van der Waals surface area contributed by atoms with Crippen molar-refractivity contribution >= 4 is 39.9 Å². The predicted molar refractivity (Wildman–Crippen MR) is 99.5 cm³/mol. The molecule has 1 N–H and O–H groups in total. The Morgan fingerprint density at radius 3 is 2.54 bits per heavy atom. The van der Waals surface area contributed by atoms with Crippen molar-refractivity contribution in [1.82, 2.24) is 9.55 Å². The van der Waals surface area contributed by atoms with Gasteiger partial charge in [-0.25, -0.2) is 4.79 Å². The molecule has 0 spiro atoms. The third kappa shape index (κ3) is 2.70. The van der Waals surface area contributed by atoms with E-state index in [4.69, 9.17) is 23.2 Å². The van der Waals surface area contributed by atoms with E-state index in [9.17, 15) is 4.79 Å². The van der Waals surface area contributed by atoms with E-state index in [1.165, 1.54) is 0 Å². The van der Waals surface area contributed by atoms with Gasteiger partial charge in [-0.15, -0.1) is 0 Å². The molecule has 3 aromatic rings. The van der Waals surface area contributed by atoms with Crippen LogP contribution in [0.5, 0.6) is 0 Å². The molecule has 0 radical (unpaired) electrons. The second-order valence-corrected chi connectivity index (χ2v) is 6.97. The fraction of sp³-hybridized carbons (Fsp3) is 0.278. The average Bonchev–Trinajstić information content (AvgIpc) is 2.91. The number of aromatic amines is 1. The standard InChI is InChI=1S/C18H17Cl2N3O/c19-12-5-6-16(14(20)11-12)22-9-7-13(8-10-22)23-17-4-2-1-3-15(17)21-18(23)24/h1-6,11,13H,7-10H2,(H,21,24). The molecule has 0 unspecified atom stereocenters. The Balaban J connectivity index is 1.57. The summed E-state index contributed by atoms with van der Waals surface area (Å²) in [5, 5.41) is 1.31. The number of hydrogen-bond acceptors (Lipinski definition) is 2. The molecule has 2 aromatic carbocycles. The Hall–Kier alpha value is -1.91. The van der Waals surface area contributed by atoms with Crippen molar-refractivity contribution in [1.29, 1.82) is 0 Å². The Labute approximate surface area is 149 Å². The lowest BCUT2D eigenvalue weighted by molar-refractivity contribution is 0.396. The van der Waals surface area contributed by atoms with Gasteiger partial charge in [0.2, 0.25) is 0 Å². The summed E-state index contributed by atoms with van der Waals surface area (Å²) >= 11 is 12.3. The fourth-order valence-electron chi connectivity index (χ4n) is 3.54. The Bertz CT molecular complexity index is 939. The smallest absolute Gasteiger partial charge is 0.326 e. The lowest BCUT2D eigenvalue weighted by atomic mass is 10.0. The maximum atomic E-state index is 12.3. The molecule has 1 aromatic heterocycles. The molecule has 0 atom stereocenters. The summed E-state index contributed by atoms with van der Waals surface area (Å²) in [6.07, 6.45) is 1.81. The molecular weight excluding hydrogens is 345 g/mol. The van der Waals surface area contributed by atoms with Crippen LogP contribution >= 0.6 is 23.2 Å². The number of aromatic nitrogens is 2. The van der Waals surface area contributed by atoms with Gasteiger partial charge in [0.15, 0.2) is 0 Å². The monoisotopic (exact) mass is 361 g/mol. The molecule has 0 amide bonds. The molecule has 1 aliphatic heterocycles. The zero-order valence-corrected chi connectivity index (χ0v) is 14.5. The molecule has 1 aliphatic rings. The lowest BCUT2D eigenvalue weighted by Crippen LogP contribution is -2.37. The molecule has 0 aliphatic carbocycles. The molecule has 0 bridgehead atoms. The highest BCUT2D eigenvalue weighted by Crippen LogP contribution is 2.33. The van der Waals surface area contributed by atoms with Crippen LogP contribution in [-0.4, -0.2) is 22.6 Å². The van der Waals surface area contributed by atoms with Crippen LogP contribution in [0.4, 0.5) is 5.69 Å². The zero-order chi connectivity index (χ0) is 16.7. The predicted octanol–water partition coefficient (Wildman–Crippen LogP) is 4.48. The van der Waals surface area contributed by atoms with Crippen molar-refractivity contribution in [3.05, 3.63) is 63.0 Å². The maximum Gasteiger partial charge on any atom is 0.326 e. The number of anilines is 1. The van der Waals surface area contributed by atoms with E-state index in [0.29, 0.717) is 10.0 Å². The van der Waals surface area contributed by atoms with Gasteiger partial charge in [0.05, 0.1) is 21.7 Å². The van der Waals surface area contributed by atoms with E-state index >= 15 is 0 Å². The number of fused-ring (bicyclic) bond motifs is 1. The van der Waals surface area contributed by atoms with Gasteiger partial charge < -0.3 is 9.88 Å². The third-order valence-corrected chi connectivity index (χ3v) is 5.24. The van der Waals surface area contributed by atoms with Crippen LogP contribution < -0.4 is 10.6 Å². The number of hydrogen-bond donors (Lipinski definition) is 1. The fourth-order valence-corrected chi connectivity index (χ4v) is 4.07. The first-order valence-corrected chi connectivity index (χ1v) is 8.78. The maximum absolute atomic E-state index is 12.3. The first-order valence-electron chi connectivity index (χ1n) is 8.03. The van der Waals surface area contributed by atoms with Crippen LogP contribution in [0.15, 0.2) is 47.3 Å². The van der Waals surface area contributed by atoms with Gasteiger partial charge in [-0.2, -0.15) is 0 Å². The van der Waals surface area contributed by atoms with Crippen molar-refractivity contribution < 1.29 is 0 Å². The number of H-pyrrole nitrogens is 1. The van der Waals surface area contributed by atoms with Gasteiger partial charge in [0, 0.05) is 24.2 Å². The van der Waals surface area contributed by atoms with Gasteiger partial charge in [0.25, 0.3) is 0 Å². The summed E-state index contributed by atoms with van der Waals surface area (Å²) in [5.74, 6) is 0. The average molecular weight is 362 g/mol. The SMILES string of the molecule is O=c1[nH]c2ccccc2n1C1CCN(c2ccc(Cl)cc2Cl)CC1. The quantitative estimate of drug-likeness (QED) is 0.730. The minimum absolute atomic E-state index is 0.0285. The summed E-state index contributed by atoms with van der Waals surface area (Å²) in [5.41, 5.74) is 2.85. The van der Waals surface area contributed by atoms with Gasteiger partial charge >= 0.3 is 5.69 Å². The normalized spacial score (nSPS) is 16.0. The van der Waals surface area contributed by atoms with Crippen molar-refractivity contribution in [2.45, 2.75) is 18.9 Å². The highest BCUT2D eigenvalue weighted by atomic mass is 35.5. The van der Waals surface area contributed by atoms with Gasteiger partial charge in [-0.1, -0.05) is 35.3 Å². The largest absolute Gasteiger partial charge is 0.370 e. The van der Waals surface area contributed by atoms with Crippen LogP contribution in [0.3, 0.4) is 0 Å². The van der Waals surface area contributed by atoms with Crippen LogP contribution in [0.1, 0.15) is 18.9 Å². The molecule has 4 rings (SSSR count). The molecule has 24 heavy (non-hydrogen) atoms. The van der Waals surface area contributed by atoms with Crippen LogP contribution in [0.2, 0.25) is 10.0 Å². The number of halogens is 2. The van der Waals surface area contributed by atoms with Crippen molar-refractivity contribution in [2.24, 2.45) is 0 Å². The van der Waals surface area contributed by atoms with Crippen molar-refractivity contribution in [3.8, 4) is 0 Å². The second kappa shape index (κ2) is 6.19. The minimum Gasteiger partial charge on any atom is -0.370 e. The second-order valence-electron chi connectivity index (χ2n) is 6.13. The number of benzene rings is 2. The van der Waals surface area contributed by atoms with Gasteiger partial charge in [-0.05, 0) is 43.2 Å². The highest BCUT2D eigenvalue weighted by Gasteiger charge is 2.24. The molecule has 6 heteroatoms. The van der Waals surface area contributed by atoms with E-state index in [-0.39, 0.29) is 11.7 Å². The van der Waals surface area contributed by atoms with E-state index in [1.54, 1.807) is 6.07 Å². The third-order valence-electron chi connectivity index (χ3n) is 4.70. The van der Waals surface area contributed by atoms with Crippen molar-refractivity contribution in [2.75, 3.05) is 18.0 Å². The minimum atomic E-state index is -0.0285. The number of rotatable bonds is 2. The first-order chi connectivity index (χ1) is 11.6. The Morgan fingerprint density at radius 1 is 1.04 bits per heavy atom. The molecule has 4 nitrogen and oxygen atoms in total. The van der Waals surface area contributed by atoms with E-state index in [0.717, 1.165) is 42.7 Å². The van der Waals surface area contributed by atoms with Gasteiger partial charge in [0.1, 0.15) is 0 Å². The number of nitrogens with one attached hydrogen (secondary N) is 1. The van der Waals surface area contributed by atoms with Crippen LogP contribution in [0.25, 0.3) is 11.0 Å². The molecule has 2 heterocycles. The Kier molecular flexibility index (Phi) is 4.02. The summed E-state index contributed by atoms with van der Waals surface area (Å²) in [4.78, 5) is 17.5. The first kappa shape index (κ1) is 15.6. The summed E-state index contributed by atoms with van der Waals surface area (Å²) in [6.45, 7) is 1.72. The topological polar surface area (TPSA) is 41.0 Å². The Morgan fingerprint density at radius 2 is 1.79 bits per heavy atom. The van der Waals surface area contributed by atoms with E-state index < -0.39 is 0 Å². The van der Waals surface area contributed by atoms with Crippen LogP contribution in [-0.2, 0) is 0 Å².